The summed E-state index contributed by atoms with van der Waals surface area (Å²) in [7, 11) is -1.22. The van der Waals surface area contributed by atoms with Crippen molar-refractivity contribution in [2.24, 2.45) is 0 Å². The van der Waals surface area contributed by atoms with Crippen molar-refractivity contribution in [2.75, 3.05) is 0 Å². The highest BCUT2D eigenvalue weighted by atomic mass is 31.2. The van der Waals surface area contributed by atoms with Crippen LogP contribution in [0.3, 0.4) is 0 Å². The van der Waals surface area contributed by atoms with E-state index in [-0.39, 0.29) is 0 Å². The average molecular weight is 317 g/mol. The van der Waals surface area contributed by atoms with Gasteiger partial charge in [0.05, 0.1) is 0 Å². The van der Waals surface area contributed by atoms with Gasteiger partial charge >= 0.3 is 8.53 Å². The van der Waals surface area contributed by atoms with E-state index in [1.54, 1.807) is 0 Å². The number of rotatable bonds is 7. The van der Waals surface area contributed by atoms with Gasteiger partial charge in [-0.15, -0.1) is 0 Å². The molecule has 0 radical (unpaired) electrons. The molecule has 3 nitrogen and oxygen atoms in total. The highest BCUT2D eigenvalue weighted by Gasteiger charge is 2.30. The van der Waals surface area contributed by atoms with E-state index in [1.807, 2.05) is 60.7 Å². The molecule has 0 saturated heterocycles. The summed E-state index contributed by atoms with van der Waals surface area (Å²) in [5.41, 5.74) is 0. The molecule has 0 aliphatic heterocycles. The standard InChI is InChI=1S/C18H24NO2P/c1-15(2)19(16(3)4)22(20-17-11-7-5-8-12-17)21-18-13-9-6-10-14-18/h5-16H,1-4H3. The van der Waals surface area contributed by atoms with Crippen LogP contribution in [0.5, 0.6) is 11.5 Å². The summed E-state index contributed by atoms with van der Waals surface area (Å²) in [5.74, 6) is 1.66. The van der Waals surface area contributed by atoms with Gasteiger partial charge in [0.1, 0.15) is 11.5 Å². The first-order valence-electron chi connectivity index (χ1n) is 7.62. The third-order valence-corrected chi connectivity index (χ3v) is 5.14. The smallest absolute Gasteiger partial charge is 0.385 e. The van der Waals surface area contributed by atoms with Gasteiger partial charge in [-0.2, -0.15) is 0 Å². The van der Waals surface area contributed by atoms with Gasteiger partial charge in [0.25, 0.3) is 0 Å². The maximum Gasteiger partial charge on any atom is 0.385 e. The zero-order valence-corrected chi connectivity index (χ0v) is 14.5. The van der Waals surface area contributed by atoms with Crippen molar-refractivity contribution in [3.63, 3.8) is 0 Å². The van der Waals surface area contributed by atoms with E-state index in [1.165, 1.54) is 0 Å². The summed E-state index contributed by atoms with van der Waals surface area (Å²) in [6.45, 7) is 8.66. The Labute approximate surface area is 134 Å². The Bertz CT molecular complexity index is 496. The summed E-state index contributed by atoms with van der Waals surface area (Å²) in [6, 6.07) is 20.4. The maximum atomic E-state index is 6.17. The van der Waals surface area contributed by atoms with Crippen molar-refractivity contribution in [2.45, 2.75) is 39.8 Å². The van der Waals surface area contributed by atoms with Crippen molar-refractivity contribution in [3.05, 3.63) is 60.7 Å². The second-order valence-electron chi connectivity index (χ2n) is 5.61. The van der Waals surface area contributed by atoms with Crippen LogP contribution in [-0.2, 0) is 0 Å². The van der Waals surface area contributed by atoms with E-state index < -0.39 is 8.53 Å². The van der Waals surface area contributed by atoms with Gasteiger partial charge in [-0.1, -0.05) is 36.4 Å². The zero-order chi connectivity index (χ0) is 15.9. The van der Waals surface area contributed by atoms with Crippen LogP contribution >= 0.6 is 8.53 Å². The molecule has 118 valence electrons. The SMILES string of the molecule is CC(C)N(C(C)C)P(Oc1ccccc1)Oc1ccccc1. The molecule has 0 saturated carbocycles. The van der Waals surface area contributed by atoms with Crippen LogP contribution in [-0.4, -0.2) is 16.8 Å². The Kier molecular flexibility index (Phi) is 6.23. The highest BCUT2D eigenvalue weighted by molar-refractivity contribution is 7.45. The summed E-state index contributed by atoms with van der Waals surface area (Å²) in [5, 5.41) is 0. The van der Waals surface area contributed by atoms with Crippen LogP contribution in [0, 0.1) is 0 Å². The van der Waals surface area contributed by atoms with Gasteiger partial charge in [-0.05, 0) is 52.0 Å². The molecule has 2 aromatic rings. The Morgan fingerprint density at radius 1 is 0.682 bits per heavy atom. The lowest BCUT2D eigenvalue weighted by Crippen LogP contribution is -2.35. The van der Waals surface area contributed by atoms with Gasteiger partial charge in [0, 0.05) is 12.1 Å². The molecule has 0 atom stereocenters. The fourth-order valence-electron chi connectivity index (χ4n) is 2.23. The molecular weight excluding hydrogens is 293 g/mol. The molecule has 0 amide bonds. The predicted molar refractivity (Wildman–Crippen MR) is 93.2 cm³/mol. The first-order chi connectivity index (χ1) is 10.6. The maximum absolute atomic E-state index is 6.17. The van der Waals surface area contributed by atoms with E-state index in [2.05, 4.69) is 32.4 Å². The predicted octanol–water partition coefficient (Wildman–Crippen LogP) is 5.49. The van der Waals surface area contributed by atoms with Crippen molar-refractivity contribution >= 4 is 8.53 Å². The molecule has 0 spiro atoms. The first-order valence-corrected chi connectivity index (χ1v) is 8.75. The molecule has 0 aliphatic rings. The minimum absolute atomic E-state index is 0.332. The summed E-state index contributed by atoms with van der Waals surface area (Å²) in [4.78, 5) is 0. The lowest BCUT2D eigenvalue weighted by Gasteiger charge is -2.34. The molecule has 2 aromatic carbocycles. The molecule has 4 heteroatoms. The molecule has 22 heavy (non-hydrogen) atoms. The van der Waals surface area contributed by atoms with Crippen LogP contribution in [0.2, 0.25) is 0 Å². The minimum Gasteiger partial charge on any atom is -0.427 e. The van der Waals surface area contributed by atoms with Crippen molar-refractivity contribution < 1.29 is 9.05 Å². The topological polar surface area (TPSA) is 21.7 Å². The van der Waals surface area contributed by atoms with Crippen LogP contribution in [0.15, 0.2) is 60.7 Å². The van der Waals surface area contributed by atoms with Gasteiger partial charge in [-0.3, -0.25) is 0 Å². The zero-order valence-electron chi connectivity index (χ0n) is 13.6. The van der Waals surface area contributed by atoms with Crippen LogP contribution in [0.1, 0.15) is 27.7 Å². The second kappa shape index (κ2) is 8.17. The van der Waals surface area contributed by atoms with Crippen LogP contribution in [0.4, 0.5) is 0 Å². The molecule has 2 rings (SSSR count). The number of nitrogens with zero attached hydrogens (tertiary/aromatic N) is 1. The normalized spacial score (nSPS) is 11.5. The van der Waals surface area contributed by atoms with Gasteiger partial charge in [0.2, 0.25) is 0 Å². The molecule has 0 heterocycles. The molecular formula is C18H24NO2P. The van der Waals surface area contributed by atoms with E-state index in [0.29, 0.717) is 12.1 Å². The summed E-state index contributed by atoms with van der Waals surface area (Å²) >= 11 is 0. The molecule has 0 bridgehead atoms. The largest absolute Gasteiger partial charge is 0.427 e. The lowest BCUT2D eigenvalue weighted by molar-refractivity contribution is 0.266. The molecule has 0 N–H and O–H groups in total. The molecule has 0 aromatic heterocycles. The monoisotopic (exact) mass is 317 g/mol. The van der Waals surface area contributed by atoms with Crippen LogP contribution < -0.4 is 9.05 Å². The number of hydrogen-bond donors (Lipinski definition) is 0. The van der Waals surface area contributed by atoms with Crippen molar-refractivity contribution in [1.82, 2.24) is 4.67 Å². The van der Waals surface area contributed by atoms with Crippen molar-refractivity contribution in [1.29, 1.82) is 0 Å². The van der Waals surface area contributed by atoms with E-state index in [0.717, 1.165) is 11.5 Å². The fourth-order valence-corrected chi connectivity index (χ4v) is 3.81. The molecule has 0 aliphatic carbocycles. The van der Waals surface area contributed by atoms with Crippen LogP contribution in [0.25, 0.3) is 0 Å². The second-order valence-corrected chi connectivity index (χ2v) is 6.92. The van der Waals surface area contributed by atoms with Gasteiger partial charge in [0.15, 0.2) is 0 Å². The Morgan fingerprint density at radius 2 is 1.05 bits per heavy atom. The van der Waals surface area contributed by atoms with Gasteiger partial charge in [-0.25, -0.2) is 4.67 Å². The molecule has 0 fully saturated rings. The first kappa shape index (κ1) is 16.8. The minimum atomic E-state index is -1.22. The summed E-state index contributed by atoms with van der Waals surface area (Å²) < 4.78 is 14.6. The summed E-state index contributed by atoms with van der Waals surface area (Å²) in [6.07, 6.45) is 0. The van der Waals surface area contributed by atoms with E-state index in [9.17, 15) is 0 Å². The highest BCUT2D eigenvalue weighted by Crippen LogP contribution is 2.46. The number of benzene rings is 2. The lowest BCUT2D eigenvalue weighted by atomic mass is 10.3. The van der Waals surface area contributed by atoms with Gasteiger partial charge < -0.3 is 9.05 Å². The van der Waals surface area contributed by atoms with Crippen molar-refractivity contribution in [3.8, 4) is 11.5 Å². The van der Waals surface area contributed by atoms with E-state index in [4.69, 9.17) is 9.05 Å². The number of para-hydroxylation sites is 2. The number of hydrogen-bond acceptors (Lipinski definition) is 3. The third kappa shape index (κ3) is 4.72. The Hall–Kier alpha value is -1.57. The average Bonchev–Trinajstić information content (AvgIpc) is 2.48. The third-order valence-electron chi connectivity index (χ3n) is 3.10. The van der Waals surface area contributed by atoms with E-state index >= 15 is 0 Å². The Morgan fingerprint density at radius 3 is 1.36 bits per heavy atom. The quantitative estimate of drug-likeness (QED) is 0.630. The molecule has 0 unspecified atom stereocenters. The fraction of sp³-hybridized carbons (Fsp3) is 0.333. The Balaban J connectivity index is 2.23.